The summed E-state index contributed by atoms with van der Waals surface area (Å²) in [6.07, 6.45) is 2.48. The van der Waals surface area contributed by atoms with Gasteiger partial charge < -0.3 is 25.0 Å². The molecular weight excluding hydrogens is 442 g/mol. The van der Waals surface area contributed by atoms with E-state index < -0.39 is 0 Å². The smallest absolute Gasteiger partial charge is 0.239 e. The minimum absolute atomic E-state index is 0.0781. The summed E-state index contributed by atoms with van der Waals surface area (Å²) in [5, 5.41) is 8.02. The van der Waals surface area contributed by atoms with Gasteiger partial charge in [-0.25, -0.2) is 9.97 Å². The molecule has 1 amide bonds. The molecule has 2 atom stereocenters. The molecule has 2 heterocycles. The first-order valence-electron chi connectivity index (χ1n) is 10.7. The number of anilines is 1. The Kier molecular flexibility index (Phi) is 6.58. The van der Waals surface area contributed by atoms with Crippen LogP contribution in [0.3, 0.4) is 0 Å². The molecular formula is C24H28ClN5O3. The standard InChI is InChI=1S/C24H28ClN5O3/c1-13-19(32-4)10-20(33-5)22(25)21(13)14-6-7-17-15(8-14)11-27-24(29-17)28-16-9-18(26-12-16)23(31)30(2)3/h6-8,10-11,16,18,26H,9,12H2,1-5H3,(H,27,28,29). The molecule has 2 unspecified atom stereocenters. The van der Waals surface area contributed by atoms with Crippen molar-refractivity contribution in [3.8, 4) is 22.6 Å². The summed E-state index contributed by atoms with van der Waals surface area (Å²) < 4.78 is 10.9. The predicted molar refractivity (Wildman–Crippen MR) is 130 cm³/mol. The Bertz CT molecular complexity index is 1170. The third-order valence-corrected chi connectivity index (χ3v) is 6.33. The van der Waals surface area contributed by atoms with Crippen molar-refractivity contribution < 1.29 is 14.3 Å². The SMILES string of the molecule is COc1cc(OC)c(Cl)c(-c2ccc3nc(NC4CNC(C(=O)N(C)C)C4)ncc3c2)c1C. The fourth-order valence-corrected chi connectivity index (χ4v) is 4.57. The maximum Gasteiger partial charge on any atom is 0.239 e. The highest BCUT2D eigenvalue weighted by molar-refractivity contribution is 6.35. The second-order valence-corrected chi connectivity index (χ2v) is 8.71. The van der Waals surface area contributed by atoms with Gasteiger partial charge in [0.15, 0.2) is 0 Å². The highest BCUT2D eigenvalue weighted by Crippen LogP contribution is 2.43. The molecule has 1 fully saturated rings. The number of nitrogens with one attached hydrogen (secondary N) is 2. The van der Waals surface area contributed by atoms with Gasteiger partial charge in [-0.2, -0.15) is 0 Å². The van der Waals surface area contributed by atoms with E-state index in [9.17, 15) is 4.79 Å². The quantitative estimate of drug-likeness (QED) is 0.571. The van der Waals surface area contributed by atoms with Gasteiger partial charge >= 0.3 is 0 Å². The van der Waals surface area contributed by atoms with Gasteiger partial charge in [0.25, 0.3) is 0 Å². The van der Waals surface area contributed by atoms with Crippen LogP contribution in [0.5, 0.6) is 11.5 Å². The van der Waals surface area contributed by atoms with E-state index >= 15 is 0 Å². The summed E-state index contributed by atoms with van der Waals surface area (Å²) in [4.78, 5) is 22.9. The molecule has 1 saturated heterocycles. The van der Waals surface area contributed by atoms with Crippen LogP contribution in [0, 0.1) is 6.92 Å². The Morgan fingerprint density at radius 1 is 1.21 bits per heavy atom. The van der Waals surface area contributed by atoms with E-state index in [0.29, 0.717) is 35.4 Å². The Balaban J connectivity index is 1.59. The van der Waals surface area contributed by atoms with E-state index in [2.05, 4.69) is 20.6 Å². The van der Waals surface area contributed by atoms with Gasteiger partial charge in [-0.1, -0.05) is 17.7 Å². The number of fused-ring (bicyclic) bond motifs is 1. The molecule has 0 radical (unpaired) electrons. The van der Waals surface area contributed by atoms with Crippen LogP contribution < -0.4 is 20.1 Å². The van der Waals surface area contributed by atoms with Crippen molar-refractivity contribution in [2.75, 3.05) is 40.2 Å². The van der Waals surface area contributed by atoms with Crippen LogP contribution in [0.15, 0.2) is 30.5 Å². The number of carbonyl (C=O) groups is 1. The number of amides is 1. The molecule has 9 heteroatoms. The van der Waals surface area contributed by atoms with Crippen LogP contribution in [0.2, 0.25) is 5.02 Å². The number of hydrogen-bond acceptors (Lipinski definition) is 7. The Morgan fingerprint density at radius 3 is 2.67 bits per heavy atom. The largest absolute Gasteiger partial charge is 0.496 e. The molecule has 174 valence electrons. The minimum Gasteiger partial charge on any atom is -0.496 e. The van der Waals surface area contributed by atoms with E-state index in [0.717, 1.165) is 27.6 Å². The summed E-state index contributed by atoms with van der Waals surface area (Å²) in [5.41, 5.74) is 3.52. The molecule has 2 N–H and O–H groups in total. The van der Waals surface area contributed by atoms with Gasteiger partial charge in [0, 0.05) is 55.5 Å². The molecule has 2 aromatic carbocycles. The lowest BCUT2D eigenvalue weighted by Crippen LogP contribution is -2.39. The summed E-state index contributed by atoms with van der Waals surface area (Å²) >= 11 is 6.65. The van der Waals surface area contributed by atoms with Crippen LogP contribution in [0.1, 0.15) is 12.0 Å². The lowest BCUT2D eigenvalue weighted by molar-refractivity contribution is -0.130. The molecule has 33 heavy (non-hydrogen) atoms. The molecule has 8 nitrogen and oxygen atoms in total. The van der Waals surface area contributed by atoms with Crippen molar-refractivity contribution in [3.05, 3.63) is 41.0 Å². The monoisotopic (exact) mass is 469 g/mol. The number of ether oxygens (including phenoxy) is 2. The number of halogens is 1. The number of benzene rings is 2. The summed E-state index contributed by atoms with van der Waals surface area (Å²) in [6, 6.07) is 7.63. The minimum atomic E-state index is -0.187. The van der Waals surface area contributed by atoms with Crippen LogP contribution >= 0.6 is 11.6 Å². The first-order valence-corrected chi connectivity index (χ1v) is 11.1. The van der Waals surface area contributed by atoms with E-state index in [-0.39, 0.29) is 18.0 Å². The Morgan fingerprint density at radius 2 is 1.97 bits per heavy atom. The fourth-order valence-electron chi connectivity index (χ4n) is 4.19. The molecule has 0 saturated carbocycles. The van der Waals surface area contributed by atoms with Crippen LogP contribution in [-0.4, -0.2) is 67.7 Å². The molecule has 3 aromatic rings. The van der Waals surface area contributed by atoms with E-state index in [4.69, 9.17) is 21.1 Å². The van der Waals surface area contributed by atoms with Crippen molar-refractivity contribution in [1.82, 2.24) is 20.2 Å². The first kappa shape index (κ1) is 23.1. The maximum absolute atomic E-state index is 12.2. The topological polar surface area (TPSA) is 88.6 Å². The summed E-state index contributed by atoms with van der Waals surface area (Å²) in [5.74, 6) is 1.88. The van der Waals surface area contributed by atoms with Crippen molar-refractivity contribution in [1.29, 1.82) is 0 Å². The molecule has 4 rings (SSSR count). The van der Waals surface area contributed by atoms with Gasteiger partial charge in [0.05, 0.1) is 30.8 Å². The lowest BCUT2D eigenvalue weighted by atomic mass is 9.98. The van der Waals surface area contributed by atoms with Gasteiger partial charge in [-0.3, -0.25) is 4.79 Å². The van der Waals surface area contributed by atoms with Crippen molar-refractivity contribution in [2.45, 2.75) is 25.4 Å². The van der Waals surface area contributed by atoms with Gasteiger partial charge in [0.2, 0.25) is 11.9 Å². The number of carbonyl (C=O) groups excluding carboxylic acids is 1. The van der Waals surface area contributed by atoms with Crippen molar-refractivity contribution >= 4 is 34.4 Å². The maximum atomic E-state index is 12.2. The number of nitrogens with zero attached hydrogens (tertiary/aromatic N) is 3. The molecule has 1 aliphatic heterocycles. The number of likely N-dealkylation sites (N-methyl/N-ethyl adjacent to an activating group) is 1. The second-order valence-electron chi connectivity index (χ2n) is 8.33. The number of aromatic nitrogens is 2. The highest BCUT2D eigenvalue weighted by Gasteiger charge is 2.30. The van der Waals surface area contributed by atoms with Gasteiger partial charge in [-0.05, 0) is 31.0 Å². The zero-order valence-electron chi connectivity index (χ0n) is 19.4. The zero-order chi connectivity index (χ0) is 23.7. The molecule has 0 bridgehead atoms. The predicted octanol–water partition coefficient (Wildman–Crippen LogP) is 3.51. The van der Waals surface area contributed by atoms with Crippen molar-refractivity contribution in [3.63, 3.8) is 0 Å². The van der Waals surface area contributed by atoms with Crippen molar-refractivity contribution in [2.24, 2.45) is 0 Å². The molecule has 1 aliphatic rings. The Hall–Kier alpha value is -3.10. The molecule has 1 aromatic heterocycles. The first-order chi connectivity index (χ1) is 15.8. The van der Waals surface area contributed by atoms with Gasteiger partial charge in [0.1, 0.15) is 11.5 Å². The third kappa shape index (κ3) is 4.54. The van der Waals surface area contributed by atoms with Crippen LogP contribution in [0.25, 0.3) is 22.0 Å². The normalized spacial score (nSPS) is 17.8. The molecule has 0 aliphatic carbocycles. The average Bonchev–Trinajstić information content (AvgIpc) is 3.27. The summed E-state index contributed by atoms with van der Waals surface area (Å²) in [7, 11) is 6.74. The fraction of sp³-hybridized carbons (Fsp3) is 0.375. The third-order valence-electron chi connectivity index (χ3n) is 5.95. The van der Waals surface area contributed by atoms with E-state index in [1.54, 1.807) is 45.5 Å². The Labute approximate surface area is 198 Å². The molecule has 0 spiro atoms. The lowest BCUT2D eigenvalue weighted by Gasteiger charge is -2.17. The second kappa shape index (κ2) is 9.41. The van der Waals surface area contributed by atoms with Crippen LogP contribution in [-0.2, 0) is 4.79 Å². The number of rotatable bonds is 6. The zero-order valence-corrected chi connectivity index (χ0v) is 20.2. The average molecular weight is 470 g/mol. The number of hydrogen-bond donors (Lipinski definition) is 2. The number of methoxy groups -OCH3 is 2. The van der Waals surface area contributed by atoms with E-state index in [1.807, 2.05) is 25.1 Å². The van der Waals surface area contributed by atoms with Gasteiger partial charge in [-0.15, -0.1) is 0 Å². The van der Waals surface area contributed by atoms with E-state index in [1.165, 1.54) is 0 Å². The summed E-state index contributed by atoms with van der Waals surface area (Å²) in [6.45, 7) is 2.65. The highest BCUT2D eigenvalue weighted by atomic mass is 35.5. The van der Waals surface area contributed by atoms with Crippen LogP contribution in [0.4, 0.5) is 5.95 Å².